The molecule has 2 heterocycles. The molecule has 3 aromatic carbocycles. The van der Waals surface area contributed by atoms with Crippen LogP contribution in [0.5, 0.6) is 0 Å². The van der Waals surface area contributed by atoms with Crippen LogP contribution in [0, 0.1) is 11.6 Å². The number of amides is 1. The predicted octanol–water partition coefficient (Wildman–Crippen LogP) is 4.45. The average Bonchev–Trinajstić information content (AvgIpc) is 3.09. The van der Waals surface area contributed by atoms with Gasteiger partial charge in [-0.1, -0.05) is 18.6 Å². The van der Waals surface area contributed by atoms with E-state index in [0.29, 0.717) is 30.2 Å². The third kappa shape index (κ3) is 3.52. The zero-order valence-corrected chi connectivity index (χ0v) is 19.6. The van der Waals surface area contributed by atoms with E-state index in [4.69, 9.17) is 0 Å². The fourth-order valence-electron chi connectivity index (χ4n) is 5.37. The molecule has 3 N–H and O–H groups in total. The molecule has 0 saturated heterocycles. The maximum absolute atomic E-state index is 14.3. The Bertz CT molecular complexity index is 1500. The Morgan fingerprint density at radius 2 is 1.80 bits per heavy atom. The number of sulfonamides is 1. The van der Waals surface area contributed by atoms with Crippen molar-refractivity contribution in [3.05, 3.63) is 76.9 Å². The van der Waals surface area contributed by atoms with E-state index >= 15 is 0 Å². The van der Waals surface area contributed by atoms with Gasteiger partial charge in [-0.25, -0.2) is 17.2 Å². The van der Waals surface area contributed by atoms with Crippen molar-refractivity contribution < 1.29 is 22.0 Å². The molecule has 1 saturated carbocycles. The van der Waals surface area contributed by atoms with Crippen LogP contribution in [-0.4, -0.2) is 20.9 Å². The van der Waals surface area contributed by atoms with Crippen LogP contribution in [0.25, 0.3) is 11.1 Å². The van der Waals surface area contributed by atoms with Gasteiger partial charge < -0.3 is 10.6 Å². The van der Waals surface area contributed by atoms with Crippen LogP contribution in [0.1, 0.15) is 36.0 Å². The highest BCUT2D eigenvalue weighted by Gasteiger charge is 2.52. The van der Waals surface area contributed by atoms with Crippen LogP contribution in [0.3, 0.4) is 0 Å². The van der Waals surface area contributed by atoms with E-state index in [1.54, 1.807) is 12.1 Å². The molecule has 180 valence electrons. The molecule has 6 rings (SSSR count). The Morgan fingerprint density at radius 3 is 2.54 bits per heavy atom. The minimum Gasteiger partial charge on any atom is -0.324 e. The number of fused-ring (bicyclic) bond motifs is 3. The van der Waals surface area contributed by atoms with Crippen molar-refractivity contribution in [1.29, 1.82) is 0 Å². The summed E-state index contributed by atoms with van der Waals surface area (Å²) in [6, 6.07) is 11.8. The number of hydrogen-bond donors (Lipinski definition) is 3. The Morgan fingerprint density at radius 1 is 0.971 bits per heavy atom. The standard InChI is InChI=1S/C26H23F2N3O3S/c27-18-4-5-23(22(28)11-18)35(33,34)31-19-12-20(16-3-2-15-6-9-29-14-17(15)10-16)24-21(13-19)26(7-1-8-26)25(32)30-24/h2-5,10-13,29,31H,1,6-9,14H2,(H,30,32). The predicted molar refractivity (Wildman–Crippen MR) is 129 cm³/mol. The normalized spacial score (nSPS) is 17.9. The van der Waals surface area contributed by atoms with E-state index in [9.17, 15) is 22.0 Å². The van der Waals surface area contributed by atoms with Crippen LogP contribution in [0.2, 0.25) is 0 Å². The molecule has 1 spiro atoms. The lowest BCUT2D eigenvalue weighted by molar-refractivity contribution is -0.123. The first-order chi connectivity index (χ1) is 16.8. The molecule has 0 unspecified atom stereocenters. The van der Waals surface area contributed by atoms with Gasteiger partial charge in [0.1, 0.15) is 16.5 Å². The molecule has 9 heteroatoms. The molecule has 1 fully saturated rings. The van der Waals surface area contributed by atoms with Crippen molar-refractivity contribution >= 4 is 27.3 Å². The van der Waals surface area contributed by atoms with Crippen molar-refractivity contribution in [2.24, 2.45) is 0 Å². The first-order valence-corrected chi connectivity index (χ1v) is 13.1. The quantitative estimate of drug-likeness (QED) is 0.499. The summed E-state index contributed by atoms with van der Waals surface area (Å²) in [5, 5.41) is 6.40. The number of nitrogens with one attached hydrogen (secondary N) is 3. The van der Waals surface area contributed by atoms with Gasteiger partial charge in [-0.15, -0.1) is 0 Å². The summed E-state index contributed by atoms with van der Waals surface area (Å²) >= 11 is 0. The van der Waals surface area contributed by atoms with E-state index < -0.39 is 32.0 Å². The second kappa shape index (κ2) is 7.86. The van der Waals surface area contributed by atoms with Crippen LogP contribution in [-0.2, 0) is 33.2 Å². The SMILES string of the molecule is O=C1Nc2c(-c3ccc4c(c3)CNCC4)cc(NS(=O)(=O)c3ccc(F)cc3F)cc2C12CCC2. The van der Waals surface area contributed by atoms with E-state index in [0.717, 1.165) is 54.8 Å². The molecule has 35 heavy (non-hydrogen) atoms. The third-order valence-corrected chi connectivity index (χ3v) is 8.79. The van der Waals surface area contributed by atoms with Gasteiger partial charge in [0.15, 0.2) is 0 Å². The molecule has 0 atom stereocenters. The average molecular weight is 496 g/mol. The van der Waals surface area contributed by atoms with Gasteiger partial charge in [0, 0.05) is 23.9 Å². The summed E-state index contributed by atoms with van der Waals surface area (Å²) in [6.07, 6.45) is 3.20. The summed E-state index contributed by atoms with van der Waals surface area (Å²) in [5.74, 6) is -2.11. The lowest BCUT2D eigenvalue weighted by Crippen LogP contribution is -2.40. The van der Waals surface area contributed by atoms with E-state index in [2.05, 4.69) is 27.5 Å². The largest absolute Gasteiger partial charge is 0.324 e. The van der Waals surface area contributed by atoms with Gasteiger partial charge in [-0.2, -0.15) is 0 Å². The van der Waals surface area contributed by atoms with Crippen molar-refractivity contribution in [2.45, 2.75) is 42.5 Å². The van der Waals surface area contributed by atoms with Crippen LogP contribution in [0.4, 0.5) is 20.2 Å². The number of hydrogen-bond acceptors (Lipinski definition) is 4. The monoisotopic (exact) mass is 495 g/mol. The fraction of sp³-hybridized carbons (Fsp3) is 0.269. The number of rotatable bonds is 4. The first-order valence-electron chi connectivity index (χ1n) is 11.6. The molecule has 3 aromatic rings. The number of carbonyl (C=O) groups is 1. The smallest absolute Gasteiger partial charge is 0.264 e. The molecule has 1 aliphatic carbocycles. The number of anilines is 2. The van der Waals surface area contributed by atoms with Gasteiger partial charge in [-0.05, 0) is 78.4 Å². The van der Waals surface area contributed by atoms with Crippen molar-refractivity contribution in [2.75, 3.05) is 16.6 Å². The zero-order chi connectivity index (χ0) is 24.4. The number of halogens is 2. The highest BCUT2D eigenvalue weighted by molar-refractivity contribution is 7.92. The fourth-order valence-corrected chi connectivity index (χ4v) is 6.48. The van der Waals surface area contributed by atoms with Crippen molar-refractivity contribution in [3.8, 4) is 11.1 Å². The Hall–Kier alpha value is -3.30. The molecule has 0 aromatic heterocycles. The maximum Gasteiger partial charge on any atom is 0.264 e. The molecule has 2 aliphatic heterocycles. The molecule has 0 bridgehead atoms. The van der Waals surface area contributed by atoms with E-state index in [1.165, 1.54) is 5.56 Å². The molecule has 1 amide bonds. The highest BCUT2D eigenvalue weighted by Crippen LogP contribution is 2.54. The zero-order valence-electron chi connectivity index (χ0n) is 18.8. The second-order valence-corrected chi connectivity index (χ2v) is 11.1. The maximum atomic E-state index is 14.3. The highest BCUT2D eigenvalue weighted by atomic mass is 32.2. The molecular formula is C26H23F2N3O3S. The minimum atomic E-state index is -4.34. The van der Waals surface area contributed by atoms with E-state index in [1.807, 2.05) is 6.07 Å². The van der Waals surface area contributed by atoms with Crippen LogP contribution >= 0.6 is 0 Å². The summed E-state index contributed by atoms with van der Waals surface area (Å²) in [4.78, 5) is 12.4. The Balaban J connectivity index is 1.48. The number of benzene rings is 3. The first kappa shape index (κ1) is 22.2. The van der Waals surface area contributed by atoms with Gasteiger partial charge in [0.05, 0.1) is 11.1 Å². The Kier molecular flexibility index (Phi) is 4.98. The summed E-state index contributed by atoms with van der Waals surface area (Å²) in [5.41, 5.74) is 4.95. The molecule has 0 radical (unpaired) electrons. The minimum absolute atomic E-state index is 0.0794. The lowest BCUT2D eigenvalue weighted by Gasteiger charge is -2.36. The molecule has 6 nitrogen and oxygen atoms in total. The molecular weight excluding hydrogens is 472 g/mol. The van der Waals surface area contributed by atoms with Crippen molar-refractivity contribution in [3.63, 3.8) is 0 Å². The van der Waals surface area contributed by atoms with Gasteiger partial charge in [0.2, 0.25) is 5.91 Å². The second-order valence-electron chi connectivity index (χ2n) is 9.43. The third-order valence-electron chi connectivity index (χ3n) is 7.37. The Labute approximate surface area is 201 Å². The van der Waals surface area contributed by atoms with Crippen LogP contribution < -0.4 is 15.4 Å². The van der Waals surface area contributed by atoms with Gasteiger partial charge in [-0.3, -0.25) is 9.52 Å². The molecule has 3 aliphatic rings. The lowest BCUT2D eigenvalue weighted by atomic mass is 9.65. The van der Waals surface area contributed by atoms with Crippen molar-refractivity contribution in [1.82, 2.24) is 5.32 Å². The topological polar surface area (TPSA) is 87.3 Å². The summed E-state index contributed by atoms with van der Waals surface area (Å²) in [7, 11) is -4.34. The van der Waals surface area contributed by atoms with Gasteiger partial charge in [0.25, 0.3) is 10.0 Å². The van der Waals surface area contributed by atoms with Gasteiger partial charge >= 0.3 is 0 Å². The number of carbonyl (C=O) groups excluding carboxylic acids is 1. The van der Waals surface area contributed by atoms with Crippen LogP contribution in [0.15, 0.2) is 53.4 Å². The van der Waals surface area contributed by atoms with E-state index in [-0.39, 0.29) is 11.6 Å². The summed E-state index contributed by atoms with van der Waals surface area (Å²) < 4.78 is 56.1. The summed E-state index contributed by atoms with van der Waals surface area (Å²) in [6.45, 7) is 1.65.